The van der Waals surface area contributed by atoms with Crippen molar-refractivity contribution in [3.05, 3.63) is 53.3 Å². The summed E-state index contributed by atoms with van der Waals surface area (Å²) in [5, 5.41) is 3.19. The summed E-state index contributed by atoms with van der Waals surface area (Å²) in [6.07, 6.45) is 0.859. The summed E-state index contributed by atoms with van der Waals surface area (Å²) in [5.41, 5.74) is 0.611. The molecule has 0 unspecified atom stereocenters. The predicted molar refractivity (Wildman–Crippen MR) is 87.8 cm³/mol. The maximum Gasteiger partial charge on any atom is 0.224 e. The molecule has 23 heavy (non-hydrogen) atoms. The largest absolute Gasteiger partial charge is 0.495 e. The molecule has 0 bridgehead atoms. The van der Waals surface area contributed by atoms with Gasteiger partial charge in [0.25, 0.3) is 0 Å². The summed E-state index contributed by atoms with van der Waals surface area (Å²) in [6.45, 7) is 0.377. The number of ether oxygens (including phenoxy) is 2. The standard InChI is InChI=1S/C17H17ClFNO3/c1-22-16-9-6-13(11-15(16)18)20-17(21)3-2-10-23-14-7-4-12(19)5-8-14/h4-9,11H,2-3,10H2,1H3,(H,20,21). The maximum absolute atomic E-state index is 12.7. The molecule has 0 aromatic heterocycles. The Bertz CT molecular complexity index is 661. The third-order valence-electron chi connectivity index (χ3n) is 3.07. The molecular formula is C17H17ClFNO3. The van der Waals surface area contributed by atoms with Crippen LogP contribution in [0.5, 0.6) is 11.5 Å². The highest BCUT2D eigenvalue weighted by Gasteiger charge is 2.06. The van der Waals surface area contributed by atoms with Crippen LogP contribution in [-0.4, -0.2) is 19.6 Å². The average molecular weight is 338 g/mol. The van der Waals surface area contributed by atoms with Gasteiger partial charge in [-0.25, -0.2) is 4.39 Å². The van der Waals surface area contributed by atoms with Crippen LogP contribution in [0.4, 0.5) is 10.1 Å². The molecule has 6 heteroatoms. The third kappa shape index (κ3) is 5.45. The van der Waals surface area contributed by atoms with Gasteiger partial charge in [-0.2, -0.15) is 0 Å². The minimum absolute atomic E-state index is 0.131. The molecule has 2 aromatic carbocycles. The molecule has 0 aliphatic carbocycles. The predicted octanol–water partition coefficient (Wildman–Crippen LogP) is 4.29. The fourth-order valence-electron chi connectivity index (χ4n) is 1.92. The first-order chi connectivity index (χ1) is 11.1. The van der Waals surface area contributed by atoms with Crippen LogP contribution < -0.4 is 14.8 Å². The first-order valence-corrected chi connectivity index (χ1v) is 7.48. The van der Waals surface area contributed by atoms with Gasteiger partial charge in [-0.1, -0.05) is 11.6 Å². The molecular weight excluding hydrogens is 321 g/mol. The minimum atomic E-state index is -0.310. The van der Waals surface area contributed by atoms with Gasteiger partial charge in [-0.15, -0.1) is 0 Å². The number of nitrogens with one attached hydrogen (secondary N) is 1. The summed E-state index contributed by atoms with van der Waals surface area (Å²) in [7, 11) is 1.53. The van der Waals surface area contributed by atoms with Crippen molar-refractivity contribution in [1.82, 2.24) is 0 Å². The minimum Gasteiger partial charge on any atom is -0.495 e. The second kappa shape index (κ2) is 8.39. The number of hydrogen-bond donors (Lipinski definition) is 1. The van der Waals surface area contributed by atoms with E-state index >= 15 is 0 Å². The van der Waals surface area contributed by atoms with Crippen LogP contribution in [0.1, 0.15) is 12.8 Å². The number of methoxy groups -OCH3 is 1. The lowest BCUT2D eigenvalue weighted by molar-refractivity contribution is -0.116. The van der Waals surface area contributed by atoms with Crippen LogP contribution in [0, 0.1) is 5.82 Å². The zero-order valence-electron chi connectivity index (χ0n) is 12.6. The first kappa shape index (κ1) is 17.1. The van der Waals surface area contributed by atoms with E-state index in [-0.39, 0.29) is 11.7 Å². The number of anilines is 1. The summed E-state index contributed by atoms with van der Waals surface area (Å²) in [5.74, 6) is 0.690. The Morgan fingerprint density at radius 2 is 1.96 bits per heavy atom. The van der Waals surface area contributed by atoms with Crippen molar-refractivity contribution in [2.75, 3.05) is 19.0 Å². The Morgan fingerprint density at radius 3 is 2.61 bits per heavy atom. The molecule has 0 heterocycles. The molecule has 0 atom stereocenters. The molecule has 122 valence electrons. The molecule has 2 rings (SSSR count). The van der Waals surface area contributed by atoms with Crippen LogP contribution in [0.15, 0.2) is 42.5 Å². The number of benzene rings is 2. The van der Waals surface area contributed by atoms with Crippen molar-refractivity contribution in [3.8, 4) is 11.5 Å². The Hall–Kier alpha value is -2.27. The highest BCUT2D eigenvalue weighted by Crippen LogP contribution is 2.27. The molecule has 4 nitrogen and oxygen atoms in total. The van der Waals surface area contributed by atoms with Gasteiger partial charge in [-0.3, -0.25) is 4.79 Å². The lowest BCUT2D eigenvalue weighted by Crippen LogP contribution is -2.12. The van der Waals surface area contributed by atoms with E-state index in [1.807, 2.05) is 0 Å². The van der Waals surface area contributed by atoms with E-state index < -0.39 is 0 Å². The number of rotatable bonds is 7. The van der Waals surface area contributed by atoms with Crippen molar-refractivity contribution in [2.45, 2.75) is 12.8 Å². The van der Waals surface area contributed by atoms with E-state index in [9.17, 15) is 9.18 Å². The van der Waals surface area contributed by atoms with Gasteiger partial charge in [0, 0.05) is 12.1 Å². The molecule has 0 aliphatic rings. The highest BCUT2D eigenvalue weighted by molar-refractivity contribution is 6.32. The number of carbonyl (C=O) groups excluding carboxylic acids is 1. The van der Waals surface area contributed by atoms with Crippen LogP contribution in [0.25, 0.3) is 0 Å². The summed E-state index contributed by atoms with van der Waals surface area (Å²) in [4.78, 5) is 11.8. The summed E-state index contributed by atoms with van der Waals surface area (Å²) >= 11 is 6.00. The molecule has 0 spiro atoms. The molecule has 2 aromatic rings. The lowest BCUT2D eigenvalue weighted by Gasteiger charge is -2.09. The second-order valence-corrected chi connectivity index (χ2v) is 5.21. The molecule has 0 radical (unpaired) electrons. The molecule has 1 amide bonds. The van der Waals surface area contributed by atoms with Gasteiger partial charge in [0.05, 0.1) is 18.7 Å². The Labute approximate surface area is 139 Å². The number of halogens is 2. The van der Waals surface area contributed by atoms with Crippen LogP contribution in [0.3, 0.4) is 0 Å². The van der Waals surface area contributed by atoms with Gasteiger partial charge >= 0.3 is 0 Å². The molecule has 0 saturated heterocycles. The molecule has 0 fully saturated rings. The Morgan fingerprint density at radius 1 is 1.22 bits per heavy atom. The Kier molecular flexibility index (Phi) is 6.23. The first-order valence-electron chi connectivity index (χ1n) is 7.10. The average Bonchev–Trinajstić information content (AvgIpc) is 2.53. The van der Waals surface area contributed by atoms with E-state index in [0.717, 1.165) is 0 Å². The van der Waals surface area contributed by atoms with Crippen LogP contribution in [0.2, 0.25) is 5.02 Å². The second-order valence-electron chi connectivity index (χ2n) is 4.80. The smallest absolute Gasteiger partial charge is 0.224 e. The topological polar surface area (TPSA) is 47.6 Å². The zero-order chi connectivity index (χ0) is 16.7. The van der Waals surface area contributed by atoms with Gasteiger partial charge < -0.3 is 14.8 Å². The van der Waals surface area contributed by atoms with E-state index in [1.54, 1.807) is 30.3 Å². The molecule has 0 aliphatic heterocycles. The number of amides is 1. The maximum atomic E-state index is 12.7. The van der Waals surface area contributed by atoms with Crippen molar-refractivity contribution < 1.29 is 18.7 Å². The molecule has 1 N–H and O–H groups in total. The SMILES string of the molecule is COc1ccc(NC(=O)CCCOc2ccc(F)cc2)cc1Cl. The van der Waals surface area contributed by atoms with Crippen LogP contribution >= 0.6 is 11.6 Å². The fraction of sp³-hybridized carbons (Fsp3) is 0.235. The van der Waals surface area contributed by atoms with E-state index in [1.165, 1.54) is 19.2 Å². The summed E-state index contributed by atoms with van der Waals surface area (Å²) in [6, 6.07) is 10.8. The van der Waals surface area contributed by atoms with Crippen molar-refractivity contribution in [2.24, 2.45) is 0 Å². The van der Waals surface area contributed by atoms with Crippen molar-refractivity contribution >= 4 is 23.2 Å². The van der Waals surface area contributed by atoms with Crippen molar-refractivity contribution in [1.29, 1.82) is 0 Å². The zero-order valence-corrected chi connectivity index (χ0v) is 13.4. The van der Waals surface area contributed by atoms with Gasteiger partial charge in [-0.05, 0) is 48.9 Å². The van der Waals surface area contributed by atoms with E-state index in [2.05, 4.69) is 5.32 Å². The summed E-state index contributed by atoms with van der Waals surface area (Å²) < 4.78 is 23.2. The fourth-order valence-corrected chi connectivity index (χ4v) is 2.18. The van der Waals surface area contributed by atoms with Gasteiger partial charge in [0.1, 0.15) is 17.3 Å². The highest BCUT2D eigenvalue weighted by atomic mass is 35.5. The van der Waals surface area contributed by atoms with Crippen molar-refractivity contribution in [3.63, 3.8) is 0 Å². The lowest BCUT2D eigenvalue weighted by atomic mass is 10.2. The number of carbonyl (C=O) groups is 1. The van der Waals surface area contributed by atoms with E-state index in [4.69, 9.17) is 21.1 Å². The third-order valence-corrected chi connectivity index (χ3v) is 3.36. The Balaban J connectivity index is 1.72. The van der Waals surface area contributed by atoms with E-state index in [0.29, 0.717) is 41.7 Å². The number of hydrogen-bond acceptors (Lipinski definition) is 3. The monoisotopic (exact) mass is 337 g/mol. The normalized spacial score (nSPS) is 10.2. The quantitative estimate of drug-likeness (QED) is 0.767. The van der Waals surface area contributed by atoms with Gasteiger partial charge in [0.15, 0.2) is 0 Å². The van der Waals surface area contributed by atoms with Gasteiger partial charge in [0.2, 0.25) is 5.91 Å². The molecule has 0 saturated carbocycles. The van der Waals surface area contributed by atoms with Crippen LogP contribution in [-0.2, 0) is 4.79 Å².